The fourth-order valence-corrected chi connectivity index (χ4v) is 5.55. The predicted octanol–water partition coefficient (Wildman–Crippen LogP) is 3.22. The summed E-state index contributed by atoms with van der Waals surface area (Å²) in [6.07, 6.45) is 1.79. The predicted molar refractivity (Wildman–Crippen MR) is 152 cm³/mol. The van der Waals surface area contributed by atoms with Crippen LogP contribution in [0, 0.1) is 28.6 Å². The largest absolute Gasteiger partial charge is 0.462 e. The minimum absolute atomic E-state index is 0.000888. The average molecular weight is 565 g/mol. The number of thioether (sulfide) groups is 1. The molecule has 1 aromatic carbocycles. The van der Waals surface area contributed by atoms with Gasteiger partial charge in [0.25, 0.3) is 0 Å². The van der Waals surface area contributed by atoms with Gasteiger partial charge in [0.2, 0.25) is 5.91 Å². The lowest BCUT2D eigenvalue weighted by atomic mass is 10.0. The van der Waals surface area contributed by atoms with Crippen molar-refractivity contribution in [3.05, 3.63) is 52.6 Å². The molecule has 2 aromatic rings. The molecule has 212 valence electrons. The van der Waals surface area contributed by atoms with Crippen LogP contribution in [0.15, 0.2) is 35.4 Å². The van der Waals surface area contributed by atoms with Gasteiger partial charge in [-0.05, 0) is 36.3 Å². The van der Waals surface area contributed by atoms with E-state index in [4.69, 9.17) is 25.9 Å². The first-order valence-electron chi connectivity index (χ1n) is 13.4. The molecular formula is C29H36N6O4S. The lowest BCUT2D eigenvalue weighted by Gasteiger charge is -2.34. The zero-order chi connectivity index (χ0) is 29.2. The smallest absolute Gasteiger partial charge is 0.323 e. The van der Waals surface area contributed by atoms with Crippen LogP contribution in [0.2, 0.25) is 0 Å². The molecule has 1 saturated heterocycles. The van der Waals surface area contributed by atoms with E-state index >= 15 is 0 Å². The Hall–Kier alpha value is -3.64. The molecule has 1 aliphatic rings. The van der Waals surface area contributed by atoms with Gasteiger partial charge < -0.3 is 25.8 Å². The summed E-state index contributed by atoms with van der Waals surface area (Å²) in [7, 11) is 0. The van der Waals surface area contributed by atoms with Crippen molar-refractivity contribution in [3.8, 4) is 12.1 Å². The summed E-state index contributed by atoms with van der Waals surface area (Å²) in [6, 6.07) is 12.9. The van der Waals surface area contributed by atoms with Gasteiger partial charge in [0, 0.05) is 13.1 Å². The van der Waals surface area contributed by atoms with Crippen LogP contribution in [0.1, 0.15) is 61.1 Å². The van der Waals surface area contributed by atoms with E-state index in [9.17, 15) is 20.1 Å². The van der Waals surface area contributed by atoms with Gasteiger partial charge in [0.1, 0.15) is 40.9 Å². The number of carbonyl (C=O) groups is 2. The monoisotopic (exact) mass is 564 g/mol. The van der Waals surface area contributed by atoms with E-state index in [0.717, 1.165) is 11.8 Å². The molecule has 40 heavy (non-hydrogen) atoms. The highest BCUT2D eigenvalue weighted by Crippen LogP contribution is 2.40. The minimum atomic E-state index is -0.741. The lowest BCUT2D eigenvalue weighted by Crippen LogP contribution is -2.39. The quantitative estimate of drug-likeness (QED) is 0.222. The highest BCUT2D eigenvalue weighted by Gasteiger charge is 2.29. The maximum absolute atomic E-state index is 12.4. The molecule has 0 bridgehead atoms. The van der Waals surface area contributed by atoms with E-state index in [0.29, 0.717) is 65.4 Å². The number of esters is 1. The molecule has 0 saturated carbocycles. The van der Waals surface area contributed by atoms with Gasteiger partial charge in [-0.15, -0.1) is 0 Å². The molecule has 1 aliphatic heterocycles. The van der Waals surface area contributed by atoms with Crippen molar-refractivity contribution in [2.75, 3.05) is 31.2 Å². The third-order valence-corrected chi connectivity index (χ3v) is 8.09. The molecule has 11 heteroatoms. The first kappa shape index (κ1) is 30.9. The van der Waals surface area contributed by atoms with Crippen LogP contribution in [0.5, 0.6) is 0 Å². The van der Waals surface area contributed by atoms with E-state index in [1.54, 1.807) is 0 Å². The van der Waals surface area contributed by atoms with Crippen LogP contribution >= 0.6 is 11.8 Å². The number of hydrogen-bond acceptors (Lipinski definition) is 10. The molecule has 10 nitrogen and oxygen atoms in total. The summed E-state index contributed by atoms with van der Waals surface area (Å²) in [5.74, 6) is -0.484. The number of nitrogens with two attached hydrogens (primary N) is 2. The molecule has 1 amide bonds. The van der Waals surface area contributed by atoms with Crippen molar-refractivity contribution >= 4 is 29.5 Å². The van der Waals surface area contributed by atoms with E-state index in [1.165, 1.54) is 0 Å². The van der Waals surface area contributed by atoms with Gasteiger partial charge in [-0.3, -0.25) is 9.59 Å². The molecule has 2 heterocycles. The first-order chi connectivity index (χ1) is 19.2. The van der Waals surface area contributed by atoms with Gasteiger partial charge >= 0.3 is 5.97 Å². The topological polar surface area (TPSA) is 168 Å². The second-order valence-electron chi connectivity index (χ2n) is 9.85. The lowest BCUT2D eigenvalue weighted by molar-refractivity contribution is -0.148. The Bertz CT molecular complexity index is 1270. The summed E-state index contributed by atoms with van der Waals surface area (Å²) in [6.45, 7) is 7.19. The van der Waals surface area contributed by atoms with Gasteiger partial charge in [-0.25, -0.2) is 4.98 Å². The summed E-state index contributed by atoms with van der Waals surface area (Å²) in [4.78, 5) is 31.1. The SMILES string of the molecule is CCc1c(C#N)c(SC(C(N)=O)c2ccccc2)nc(N2CCC(OCCOC(=O)[C@@H](N)C(C)C)CC2)c1C#N. The van der Waals surface area contributed by atoms with Crippen molar-refractivity contribution in [2.45, 2.75) is 62.5 Å². The number of ether oxygens (including phenoxy) is 2. The molecule has 4 N–H and O–H groups in total. The second kappa shape index (κ2) is 14.7. The number of rotatable bonds is 12. The maximum Gasteiger partial charge on any atom is 0.323 e. The maximum atomic E-state index is 12.4. The average Bonchev–Trinajstić information content (AvgIpc) is 2.97. The number of nitriles is 2. The van der Waals surface area contributed by atoms with E-state index in [-0.39, 0.29) is 25.2 Å². The zero-order valence-electron chi connectivity index (χ0n) is 23.1. The second-order valence-corrected chi connectivity index (χ2v) is 10.9. The Morgan fingerprint density at radius 3 is 2.33 bits per heavy atom. The number of primary amides is 1. The van der Waals surface area contributed by atoms with Crippen LogP contribution in [0.3, 0.4) is 0 Å². The number of aromatic nitrogens is 1. The zero-order valence-corrected chi connectivity index (χ0v) is 23.9. The molecule has 1 unspecified atom stereocenters. The molecule has 0 radical (unpaired) electrons. The molecule has 3 rings (SSSR count). The van der Waals surface area contributed by atoms with Crippen LogP contribution in [-0.2, 0) is 25.5 Å². The number of anilines is 1. The van der Waals surface area contributed by atoms with Crippen LogP contribution in [0.25, 0.3) is 0 Å². The summed E-state index contributed by atoms with van der Waals surface area (Å²) in [5, 5.41) is 19.7. The van der Waals surface area contributed by atoms with E-state index < -0.39 is 23.2 Å². The van der Waals surface area contributed by atoms with Crippen LogP contribution in [-0.4, -0.2) is 55.3 Å². The molecule has 0 spiro atoms. The van der Waals surface area contributed by atoms with Gasteiger partial charge in [0.15, 0.2) is 0 Å². The van der Waals surface area contributed by atoms with Crippen molar-refractivity contribution < 1.29 is 19.1 Å². The minimum Gasteiger partial charge on any atom is -0.462 e. The van der Waals surface area contributed by atoms with Crippen molar-refractivity contribution in [1.29, 1.82) is 10.5 Å². The number of pyridine rings is 1. The van der Waals surface area contributed by atoms with Crippen LogP contribution in [0.4, 0.5) is 5.82 Å². The fraction of sp³-hybridized carbons (Fsp3) is 0.483. The highest BCUT2D eigenvalue weighted by atomic mass is 32.2. The Morgan fingerprint density at radius 2 is 1.77 bits per heavy atom. The van der Waals surface area contributed by atoms with Gasteiger partial charge in [-0.1, -0.05) is 62.9 Å². The Balaban J connectivity index is 1.75. The summed E-state index contributed by atoms with van der Waals surface area (Å²) in [5.41, 5.74) is 13.5. The van der Waals surface area contributed by atoms with Crippen molar-refractivity contribution in [2.24, 2.45) is 17.4 Å². The first-order valence-corrected chi connectivity index (χ1v) is 14.3. The van der Waals surface area contributed by atoms with E-state index in [2.05, 4.69) is 12.1 Å². The molecule has 2 atom stereocenters. The normalized spacial score (nSPS) is 15.2. The third-order valence-electron chi connectivity index (χ3n) is 6.83. The van der Waals surface area contributed by atoms with Gasteiger partial charge in [-0.2, -0.15) is 10.5 Å². The van der Waals surface area contributed by atoms with Crippen LogP contribution < -0.4 is 16.4 Å². The Labute approximate surface area is 239 Å². The number of carbonyl (C=O) groups excluding carboxylic acids is 2. The highest BCUT2D eigenvalue weighted by molar-refractivity contribution is 8.00. The van der Waals surface area contributed by atoms with E-state index in [1.807, 2.05) is 56.0 Å². The van der Waals surface area contributed by atoms with Gasteiger partial charge in [0.05, 0.1) is 23.8 Å². The number of amides is 1. The number of nitrogens with zero attached hydrogens (tertiary/aromatic N) is 4. The van der Waals surface area contributed by atoms with Crippen molar-refractivity contribution in [1.82, 2.24) is 4.98 Å². The van der Waals surface area contributed by atoms with Crippen molar-refractivity contribution in [3.63, 3.8) is 0 Å². The standard InChI is InChI=1S/C29H36N6O4S/c1-4-21-22(16-30)27(34-28(23(21)17-31)40-25(26(33)36)19-8-6-5-7-9-19)35-12-10-20(11-13-35)38-14-15-39-29(37)24(32)18(2)3/h5-9,18,20,24-25H,4,10-15,32H2,1-3H3,(H2,33,36)/t24-,25?/m0/s1. The molecular weight excluding hydrogens is 528 g/mol. The number of benzene rings is 1. The fourth-order valence-electron chi connectivity index (χ4n) is 4.49. The molecule has 0 aliphatic carbocycles. The molecule has 1 fully saturated rings. The third kappa shape index (κ3) is 7.51. The summed E-state index contributed by atoms with van der Waals surface area (Å²) < 4.78 is 11.1. The number of piperidine rings is 1. The summed E-state index contributed by atoms with van der Waals surface area (Å²) >= 11 is 1.13. The molecule has 1 aromatic heterocycles. The Morgan fingerprint density at radius 1 is 1.12 bits per heavy atom. The number of hydrogen-bond donors (Lipinski definition) is 2. The Kier molecular flexibility index (Phi) is 11.3.